The van der Waals surface area contributed by atoms with Gasteiger partial charge in [-0.2, -0.15) is 5.26 Å². The van der Waals surface area contributed by atoms with Gasteiger partial charge in [0.05, 0.1) is 26.0 Å². The first-order valence-electron chi connectivity index (χ1n) is 8.99. The average Bonchev–Trinajstić information content (AvgIpc) is 2.68. The highest BCUT2D eigenvalue weighted by molar-refractivity contribution is 6.10. The van der Waals surface area contributed by atoms with Crippen LogP contribution in [-0.4, -0.2) is 26.2 Å². The van der Waals surface area contributed by atoms with Crippen molar-refractivity contribution in [1.82, 2.24) is 0 Å². The van der Waals surface area contributed by atoms with Crippen LogP contribution in [0.5, 0.6) is 17.2 Å². The maximum atomic E-state index is 12.6. The number of amides is 1. The maximum Gasteiger partial charge on any atom is 0.266 e. The lowest BCUT2D eigenvalue weighted by Crippen LogP contribution is -2.14. The Labute approximate surface area is 165 Å². The van der Waals surface area contributed by atoms with Crippen molar-refractivity contribution in [2.75, 3.05) is 25.6 Å². The van der Waals surface area contributed by atoms with Gasteiger partial charge in [-0.25, -0.2) is 0 Å². The summed E-state index contributed by atoms with van der Waals surface area (Å²) >= 11 is 0. The van der Waals surface area contributed by atoms with Crippen LogP contribution in [0.3, 0.4) is 0 Å². The molecule has 0 radical (unpaired) electrons. The molecule has 6 heteroatoms. The molecule has 146 valence electrons. The minimum Gasteiger partial charge on any atom is -0.495 e. The monoisotopic (exact) mass is 380 g/mol. The van der Waals surface area contributed by atoms with Crippen molar-refractivity contribution in [2.45, 2.75) is 20.8 Å². The van der Waals surface area contributed by atoms with Crippen LogP contribution >= 0.6 is 0 Å². The van der Waals surface area contributed by atoms with E-state index in [4.69, 9.17) is 14.2 Å². The fourth-order valence-electron chi connectivity index (χ4n) is 2.58. The first kappa shape index (κ1) is 20.8. The van der Waals surface area contributed by atoms with Crippen LogP contribution in [0.1, 0.15) is 25.0 Å². The largest absolute Gasteiger partial charge is 0.495 e. The summed E-state index contributed by atoms with van der Waals surface area (Å²) in [6, 6.07) is 12.7. The third kappa shape index (κ3) is 5.27. The summed E-state index contributed by atoms with van der Waals surface area (Å²) in [4.78, 5) is 12.6. The Hall–Kier alpha value is -3.46. The Morgan fingerprint density at radius 1 is 1.07 bits per heavy atom. The molecule has 0 unspecified atom stereocenters. The van der Waals surface area contributed by atoms with E-state index in [1.54, 1.807) is 30.3 Å². The van der Waals surface area contributed by atoms with Gasteiger partial charge in [-0.15, -0.1) is 0 Å². The van der Waals surface area contributed by atoms with Crippen LogP contribution < -0.4 is 19.5 Å². The van der Waals surface area contributed by atoms with Gasteiger partial charge in [-0.3, -0.25) is 4.79 Å². The molecule has 2 aromatic carbocycles. The van der Waals surface area contributed by atoms with E-state index < -0.39 is 5.91 Å². The number of nitriles is 1. The lowest BCUT2D eigenvalue weighted by molar-refractivity contribution is -0.112. The van der Waals surface area contributed by atoms with Crippen LogP contribution in [0.4, 0.5) is 5.69 Å². The molecule has 0 aliphatic heterocycles. The minimum atomic E-state index is -0.516. The van der Waals surface area contributed by atoms with Gasteiger partial charge < -0.3 is 19.5 Å². The molecule has 2 aromatic rings. The van der Waals surface area contributed by atoms with Gasteiger partial charge in [0, 0.05) is 0 Å². The molecule has 0 heterocycles. The number of benzene rings is 2. The number of nitrogens with one attached hydrogen (secondary N) is 1. The molecule has 0 saturated carbocycles. The summed E-state index contributed by atoms with van der Waals surface area (Å²) < 4.78 is 16.4. The zero-order chi connectivity index (χ0) is 20.5. The molecule has 0 aromatic heterocycles. The van der Waals surface area contributed by atoms with Crippen molar-refractivity contribution in [2.24, 2.45) is 0 Å². The lowest BCUT2D eigenvalue weighted by Gasteiger charge is -2.12. The number of anilines is 1. The Morgan fingerprint density at radius 3 is 2.39 bits per heavy atom. The molecule has 0 atom stereocenters. The van der Waals surface area contributed by atoms with Gasteiger partial charge in [0.15, 0.2) is 11.5 Å². The Bertz CT molecular complexity index is 913. The molecule has 0 bridgehead atoms. The van der Waals surface area contributed by atoms with Gasteiger partial charge in [-0.05, 0) is 62.2 Å². The summed E-state index contributed by atoms with van der Waals surface area (Å²) in [7, 11) is 1.52. The van der Waals surface area contributed by atoms with Crippen LogP contribution in [0.15, 0.2) is 42.0 Å². The quantitative estimate of drug-likeness (QED) is 0.544. The molecule has 0 aliphatic carbocycles. The molecular formula is C22H24N2O4. The van der Waals surface area contributed by atoms with Crippen molar-refractivity contribution in [3.8, 4) is 23.3 Å². The molecule has 28 heavy (non-hydrogen) atoms. The fourth-order valence-corrected chi connectivity index (χ4v) is 2.58. The number of methoxy groups -OCH3 is 1. The maximum absolute atomic E-state index is 12.6. The zero-order valence-corrected chi connectivity index (χ0v) is 16.5. The third-order valence-electron chi connectivity index (χ3n) is 3.85. The number of hydrogen-bond donors (Lipinski definition) is 1. The number of ether oxygens (including phenoxy) is 3. The topological polar surface area (TPSA) is 80.6 Å². The molecule has 0 spiro atoms. The normalized spacial score (nSPS) is 10.8. The molecule has 0 saturated heterocycles. The smallest absolute Gasteiger partial charge is 0.266 e. The van der Waals surface area contributed by atoms with Gasteiger partial charge in [0.2, 0.25) is 0 Å². The molecule has 0 fully saturated rings. The van der Waals surface area contributed by atoms with Crippen molar-refractivity contribution in [1.29, 1.82) is 5.26 Å². The van der Waals surface area contributed by atoms with E-state index in [-0.39, 0.29) is 5.57 Å². The standard InChI is InChI=1S/C22H24N2O4/c1-5-27-20-10-8-16(13-21(20)28-6-2)12-17(14-23)22(25)24-18-11-15(3)7-9-19(18)26-4/h7-13H,5-6H2,1-4H3,(H,24,25)/b17-12+. The SMILES string of the molecule is CCOc1ccc(/C=C(\C#N)C(=O)Nc2cc(C)ccc2OC)cc1OCC. The van der Waals surface area contributed by atoms with Crippen LogP contribution in [0.25, 0.3) is 6.08 Å². The number of nitrogens with zero attached hydrogens (tertiary/aromatic N) is 1. The summed E-state index contributed by atoms with van der Waals surface area (Å²) in [5, 5.41) is 12.2. The lowest BCUT2D eigenvalue weighted by atomic mass is 10.1. The Kier molecular flexibility index (Phi) is 7.46. The molecule has 6 nitrogen and oxygen atoms in total. The highest BCUT2D eigenvalue weighted by Crippen LogP contribution is 2.30. The third-order valence-corrected chi connectivity index (χ3v) is 3.85. The number of carbonyl (C=O) groups is 1. The minimum absolute atomic E-state index is 0.0323. The van der Waals surface area contributed by atoms with Crippen molar-refractivity contribution >= 4 is 17.7 Å². The molecule has 1 N–H and O–H groups in total. The van der Waals surface area contributed by atoms with Crippen LogP contribution in [0, 0.1) is 18.3 Å². The predicted octanol–water partition coefficient (Wildman–Crippen LogP) is 4.35. The number of carbonyl (C=O) groups excluding carboxylic acids is 1. The second kappa shape index (κ2) is 10.0. The van der Waals surface area contributed by atoms with E-state index in [0.717, 1.165) is 5.56 Å². The van der Waals surface area contributed by atoms with E-state index in [2.05, 4.69) is 5.32 Å². The second-order valence-corrected chi connectivity index (χ2v) is 5.90. The second-order valence-electron chi connectivity index (χ2n) is 5.90. The number of aryl methyl sites for hydroxylation is 1. The highest BCUT2D eigenvalue weighted by Gasteiger charge is 2.13. The van der Waals surface area contributed by atoms with Crippen LogP contribution in [-0.2, 0) is 4.79 Å². The number of hydrogen-bond acceptors (Lipinski definition) is 5. The summed E-state index contributed by atoms with van der Waals surface area (Å²) in [5.74, 6) is 1.19. The van der Waals surface area contributed by atoms with Crippen molar-refractivity contribution < 1.29 is 19.0 Å². The van der Waals surface area contributed by atoms with Gasteiger partial charge >= 0.3 is 0 Å². The summed E-state index contributed by atoms with van der Waals surface area (Å²) in [5.41, 5.74) is 2.10. The first-order chi connectivity index (χ1) is 13.5. The summed E-state index contributed by atoms with van der Waals surface area (Å²) in [6.07, 6.45) is 1.51. The van der Waals surface area contributed by atoms with E-state index in [0.29, 0.717) is 41.7 Å². The van der Waals surface area contributed by atoms with E-state index in [1.165, 1.54) is 13.2 Å². The number of rotatable bonds is 8. The van der Waals surface area contributed by atoms with E-state index >= 15 is 0 Å². The highest BCUT2D eigenvalue weighted by atomic mass is 16.5. The van der Waals surface area contributed by atoms with Gasteiger partial charge in [0.25, 0.3) is 5.91 Å². The Balaban J connectivity index is 2.30. The molecule has 1 amide bonds. The summed E-state index contributed by atoms with van der Waals surface area (Å²) in [6.45, 7) is 6.67. The average molecular weight is 380 g/mol. The first-order valence-corrected chi connectivity index (χ1v) is 8.99. The predicted molar refractivity (Wildman–Crippen MR) is 109 cm³/mol. The molecule has 0 aliphatic rings. The Morgan fingerprint density at radius 2 is 1.75 bits per heavy atom. The fraction of sp³-hybridized carbons (Fsp3) is 0.273. The molecular weight excluding hydrogens is 356 g/mol. The van der Waals surface area contributed by atoms with Gasteiger partial charge in [0.1, 0.15) is 17.4 Å². The van der Waals surface area contributed by atoms with E-state index in [9.17, 15) is 10.1 Å². The van der Waals surface area contributed by atoms with Gasteiger partial charge in [-0.1, -0.05) is 12.1 Å². The zero-order valence-electron chi connectivity index (χ0n) is 16.5. The van der Waals surface area contributed by atoms with Crippen molar-refractivity contribution in [3.63, 3.8) is 0 Å². The van der Waals surface area contributed by atoms with Crippen LogP contribution in [0.2, 0.25) is 0 Å². The van der Waals surface area contributed by atoms with Crippen molar-refractivity contribution in [3.05, 3.63) is 53.1 Å². The molecule has 2 rings (SSSR count). The van der Waals surface area contributed by atoms with E-state index in [1.807, 2.05) is 32.9 Å².